The summed E-state index contributed by atoms with van der Waals surface area (Å²) in [6, 6.07) is 18.9. The number of hydrogen-bond acceptors (Lipinski definition) is 6. The van der Waals surface area contributed by atoms with Gasteiger partial charge in [-0.1, -0.05) is 42.0 Å². The summed E-state index contributed by atoms with van der Waals surface area (Å²) in [5.41, 5.74) is 3.41. The van der Waals surface area contributed by atoms with E-state index in [1.54, 1.807) is 30.3 Å². The van der Waals surface area contributed by atoms with E-state index in [0.717, 1.165) is 31.4 Å². The fraction of sp³-hybridized carbons (Fsp3) is 0.185. The van der Waals surface area contributed by atoms with Crippen LogP contribution in [0, 0.1) is 10.5 Å². The third-order valence-electron chi connectivity index (χ3n) is 5.25. The molecule has 1 aliphatic heterocycles. The number of methoxy groups -OCH3 is 1. The highest BCUT2D eigenvalue weighted by Gasteiger charge is 2.37. The Morgan fingerprint density at radius 3 is 2.46 bits per heavy atom. The molecule has 0 aliphatic carbocycles. The molecule has 0 bridgehead atoms. The molecule has 0 radical (unpaired) electrons. The molecule has 8 heteroatoms. The largest absolute Gasteiger partial charge is 0.495 e. The minimum Gasteiger partial charge on any atom is -0.495 e. The van der Waals surface area contributed by atoms with Crippen LogP contribution in [0.1, 0.15) is 23.6 Å². The average molecular weight is 601 g/mol. The molecule has 1 heterocycles. The Bertz CT molecular complexity index is 1290. The Hall–Kier alpha value is -2.98. The van der Waals surface area contributed by atoms with Gasteiger partial charge in [-0.15, -0.1) is 0 Å². The summed E-state index contributed by atoms with van der Waals surface area (Å²) < 4.78 is 18.1. The second kappa shape index (κ2) is 11.2. The van der Waals surface area contributed by atoms with Gasteiger partial charge in [0.05, 0.1) is 27.9 Å². The van der Waals surface area contributed by atoms with Gasteiger partial charge in [0, 0.05) is 0 Å². The van der Waals surface area contributed by atoms with E-state index in [-0.39, 0.29) is 5.24 Å². The highest BCUT2D eigenvalue weighted by Crippen LogP contribution is 2.41. The van der Waals surface area contributed by atoms with Crippen LogP contribution >= 0.6 is 34.4 Å². The van der Waals surface area contributed by atoms with E-state index < -0.39 is 5.91 Å². The smallest absolute Gasteiger partial charge is 0.298 e. The molecule has 3 aromatic rings. The molecular weight excluding hydrogens is 577 g/mol. The number of benzene rings is 3. The average Bonchev–Trinajstić information content (AvgIpc) is 3.12. The number of carbonyl (C=O) groups excluding carboxylic acids is 2. The van der Waals surface area contributed by atoms with Gasteiger partial charge in [0.1, 0.15) is 12.4 Å². The Morgan fingerprint density at radius 2 is 1.74 bits per heavy atom. The Morgan fingerprint density at radius 1 is 1.00 bits per heavy atom. The van der Waals surface area contributed by atoms with Crippen molar-refractivity contribution in [1.29, 1.82) is 0 Å². The molecule has 1 fully saturated rings. The molecule has 1 aliphatic rings. The SMILES string of the molecule is CCOc1cc(/C=C2\SC(=O)N(c3ccccc3OC)C2=O)cc(I)c1OCc1ccc(C)cc1. The number of carbonyl (C=O) groups is 2. The zero-order chi connectivity index (χ0) is 24.9. The summed E-state index contributed by atoms with van der Waals surface area (Å²) in [5, 5.41) is -0.372. The highest BCUT2D eigenvalue weighted by atomic mass is 127. The minimum absolute atomic E-state index is 0.326. The molecule has 0 spiro atoms. The fourth-order valence-corrected chi connectivity index (χ4v) is 5.17. The van der Waals surface area contributed by atoms with Gasteiger partial charge in [0.25, 0.3) is 11.1 Å². The van der Waals surface area contributed by atoms with Crippen LogP contribution in [0.3, 0.4) is 0 Å². The van der Waals surface area contributed by atoms with Gasteiger partial charge in [-0.05, 0) is 89.7 Å². The van der Waals surface area contributed by atoms with Gasteiger partial charge < -0.3 is 14.2 Å². The number of nitrogens with zero attached hydrogens (tertiary/aromatic N) is 1. The first-order chi connectivity index (χ1) is 16.9. The van der Waals surface area contributed by atoms with Crippen LogP contribution in [0.25, 0.3) is 6.08 Å². The minimum atomic E-state index is -0.392. The summed E-state index contributed by atoms with van der Waals surface area (Å²) in [5.74, 6) is 1.30. The lowest BCUT2D eigenvalue weighted by Crippen LogP contribution is -2.28. The number of amides is 2. The number of ether oxygens (including phenoxy) is 3. The maximum Gasteiger partial charge on any atom is 0.298 e. The number of aryl methyl sites for hydroxylation is 1. The molecule has 0 aromatic heterocycles. The third kappa shape index (κ3) is 5.65. The van der Waals surface area contributed by atoms with Gasteiger partial charge >= 0.3 is 0 Å². The van der Waals surface area contributed by atoms with Crippen molar-refractivity contribution in [2.45, 2.75) is 20.5 Å². The topological polar surface area (TPSA) is 65.1 Å². The van der Waals surface area contributed by atoms with Crippen molar-refractivity contribution >= 4 is 57.3 Å². The zero-order valence-electron chi connectivity index (χ0n) is 19.5. The molecular formula is C27H24INO5S. The maximum atomic E-state index is 13.1. The van der Waals surface area contributed by atoms with E-state index in [9.17, 15) is 9.59 Å². The first-order valence-corrected chi connectivity index (χ1v) is 12.9. The maximum absolute atomic E-state index is 13.1. The van der Waals surface area contributed by atoms with E-state index in [1.165, 1.54) is 12.7 Å². The number of para-hydroxylation sites is 2. The predicted octanol–water partition coefficient (Wildman–Crippen LogP) is 6.83. The molecule has 0 atom stereocenters. The highest BCUT2D eigenvalue weighted by molar-refractivity contribution is 14.1. The standard InChI is InChI=1S/C27H24INO5S/c1-4-33-23-14-19(13-20(28)25(23)34-16-18-11-9-17(2)10-12-18)15-24-26(30)29(27(31)35-24)21-7-5-6-8-22(21)32-3/h5-15H,4,16H2,1-3H3/b24-15-. The van der Waals surface area contributed by atoms with Crippen molar-refractivity contribution in [2.75, 3.05) is 18.6 Å². The Labute approximate surface area is 222 Å². The van der Waals surface area contributed by atoms with Gasteiger partial charge in [-0.25, -0.2) is 4.90 Å². The number of halogens is 1. The zero-order valence-corrected chi connectivity index (χ0v) is 22.5. The second-order valence-corrected chi connectivity index (χ2v) is 9.88. The third-order valence-corrected chi connectivity index (χ3v) is 6.92. The number of hydrogen-bond donors (Lipinski definition) is 0. The molecule has 0 unspecified atom stereocenters. The molecule has 1 saturated heterocycles. The fourth-order valence-electron chi connectivity index (χ4n) is 3.56. The van der Waals surface area contributed by atoms with E-state index in [0.29, 0.717) is 41.1 Å². The van der Waals surface area contributed by atoms with Crippen molar-refractivity contribution in [1.82, 2.24) is 0 Å². The lowest BCUT2D eigenvalue weighted by molar-refractivity contribution is -0.113. The van der Waals surface area contributed by atoms with Crippen LogP contribution in [0.15, 0.2) is 65.6 Å². The molecule has 0 saturated carbocycles. The number of imide groups is 1. The normalized spacial score (nSPS) is 14.5. The lowest BCUT2D eigenvalue weighted by Gasteiger charge is -2.16. The first-order valence-electron chi connectivity index (χ1n) is 11.0. The monoisotopic (exact) mass is 601 g/mol. The van der Waals surface area contributed by atoms with E-state index in [2.05, 4.69) is 22.6 Å². The van der Waals surface area contributed by atoms with Crippen molar-refractivity contribution in [3.8, 4) is 17.2 Å². The number of rotatable bonds is 8. The second-order valence-electron chi connectivity index (χ2n) is 7.73. The molecule has 6 nitrogen and oxygen atoms in total. The molecule has 0 N–H and O–H groups in total. The summed E-state index contributed by atoms with van der Waals surface area (Å²) in [4.78, 5) is 27.3. The Balaban J connectivity index is 1.61. The molecule has 4 rings (SSSR count). The van der Waals surface area contributed by atoms with Crippen molar-refractivity contribution in [3.63, 3.8) is 0 Å². The molecule has 2 amide bonds. The van der Waals surface area contributed by atoms with Crippen molar-refractivity contribution in [3.05, 3.63) is 85.8 Å². The van der Waals surface area contributed by atoms with Crippen LogP contribution < -0.4 is 19.1 Å². The Kier molecular flexibility index (Phi) is 8.02. The van der Waals surface area contributed by atoms with E-state index in [4.69, 9.17) is 14.2 Å². The van der Waals surface area contributed by atoms with Gasteiger partial charge in [0.2, 0.25) is 0 Å². The van der Waals surface area contributed by atoms with Gasteiger partial charge in [-0.2, -0.15) is 0 Å². The lowest BCUT2D eigenvalue weighted by atomic mass is 10.1. The van der Waals surface area contributed by atoms with Crippen LogP contribution in [0.4, 0.5) is 10.5 Å². The molecule has 180 valence electrons. The summed E-state index contributed by atoms with van der Waals surface area (Å²) in [6.07, 6.45) is 1.70. The van der Waals surface area contributed by atoms with Gasteiger partial charge in [-0.3, -0.25) is 9.59 Å². The van der Waals surface area contributed by atoms with Crippen LogP contribution in [0.5, 0.6) is 17.2 Å². The predicted molar refractivity (Wildman–Crippen MR) is 147 cm³/mol. The summed E-state index contributed by atoms with van der Waals surface area (Å²) in [7, 11) is 1.51. The van der Waals surface area contributed by atoms with Crippen LogP contribution in [0.2, 0.25) is 0 Å². The van der Waals surface area contributed by atoms with Crippen molar-refractivity contribution in [2.24, 2.45) is 0 Å². The van der Waals surface area contributed by atoms with Crippen LogP contribution in [-0.4, -0.2) is 24.9 Å². The van der Waals surface area contributed by atoms with E-state index in [1.807, 2.05) is 50.2 Å². The molecule has 35 heavy (non-hydrogen) atoms. The number of anilines is 1. The van der Waals surface area contributed by atoms with Gasteiger partial charge in [0.15, 0.2) is 11.5 Å². The van der Waals surface area contributed by atoms with E-state index >= 15 is 0 Å². The quantitative estimate of drug-likeness (QED) is 0.209. The summed E-state index contributed by atoms with van der Waals surface area (Å²) in [6.45, 7) is 4.82. The molecule has 3 aromatic carbocycles. The summed E-state index contributed by atoms with van der Waals surface area (Å²) >= 11 is 3.10. The first kappa shape index (κ1) is 25.1. The number of thioether (sulfide) groups is 1. The van der Waals surface area contributed by atoms with Crippen molar-refractivity contribution < 1.29 is 23.8 Å². The van der Waals surface area contributed by atoms with Crippen LogP contribution in [-0.2, 0) is 11.4 Å².